The first-order chi connectivity index (χ1) is 12.6. The maximum absolute atomic E-state index is 6.85. The summed E-state index contributed by atoms with van der Waals surface area (Å²) in [6.07, 6.45) is 6.50. The van der Waals surface area contributed by atoms with E-state index in [1.54, 1.807) is 6.21 Å². The average Bonchev–Trinajstić information content (AvgIpc) is 2.66. The van der Waals surface area contributed by atoms with E-state index in [0.717, 1.165) is 17.8 Å². The number of hydrogen-bond acceptors (Lipinski definition) is 4. The molecule has 0 saturated carbocycles. The third-order valence-corrected chi connectivity index (χ3v) is 5.72. The van der Waals surface area contributed by atoms with Crippen molar-refractivity contribution >= 4 is 11.9 Å². The number of para-hydroxylation sites is 1. The molecule has 0 aliphatic carbocycles. The molecule has 1 fully saturated rings. The molecule has 1 saturated heterocycles. The molecule has 26 heavy (non-hydrogen) atoms. The highest BCUT2D eigenvalue weighted by atomic mass is 15.1. The van der Waals surface area contributed by atoms with E-state index < -0.39 is 5.54 Å². The lowest BCUT2D eigenvalue weighted by atomic mass is 9.77. The first-order valence-corrected chi connectivity index (χ1v) is 9.63. The maximum atomic E-state index is 6.85. The zero-order valence-electron chi connectivity index (χ0n) is 15.3. The van der Waals surface area contributed by atoms with Crippen molar-refractivity contribution in [3.8, 4) is 0 Å². The van der Waals surface area contributed by atoms with Gasteiger partial charge >= 0.3 is 0 Å². The molecule has 2 aromatic rings. The number of nitrogens with two attached hydrogens (primary N) is 2. The minimum absolute atomic E-state index is 0.289. The molecule has 0 radical (unpaired) electrons. The van der Waals surface area contributed by atoms with Crippen LogP contribution in [0.1, 0.15) is 36.0 Å². The quantitative estimate of drug-likeness (QED) is 0.892. The van der Waals surface area contributed by atoms with Crippen molar-refractivity contribution in [1.29, 1.82) is 0 Å². The van der Waals surface area contributed by atoms with E-state index in [1.165, 1.54) is 43.5 Å². The highest BCUT2D eigenvalue weighted by Gasteiger charge is 2.38. The highest BCUT2D eigenvalue weighted by molar-refractivity contribution is 5.77. The third-order valence-electron chi connectivity index (χ3n) is 5.72. The van der Waals surface area contributed by atoms with E-state index in [1.807, 2.05) is 18.2 Å². The summed E-state index contributed by atoms with van der Waals surface area (Å²) in [4.78, 5) is 7.02. The zero-order chi connectivity index (χ0) is 18.0. The number of benzene rings is 2. The van der Waals surface area contributed by atoms with Gasteiger partial charge in [-0.1, -0.05) is 48.9 Å². The first-order valence-electron chi connectivity index (χ1n) is 9.63. The van der Waals surface area contributed by atoms with E-state index in [-0.39, 0.29) is 6.04 Å². The lowest BCUT2D eigenvalue weighted by Crippen LogP contribution is -2.56. The number of piperidine rings is 1. The van der Waals surface area contributed by atoms with Crippen LogP contribution in [0.5, 0.6) is 0 Å². The molecule has 136 valence electrons. The predicted molar refractivity (Wildman–Crippen MR) is 108 cm³/mol. The maximum Gasteiger partial charge on any atom is 0.0677 e. The second-order valence-electron chi connectivity index (χ2n) is 7.70. The number of likely N-dealkylation sites (tertiary alicyclic amines) is 1. The van der Waals surface area contributed by atoms with E-state index >= 15 is 0 Å². The van der Waals surface area contributed by atoms with Gasteiger partial charge < -0.3 is 11.5 Å². The molecule has 0 amide bonds. The van der Waals surface area contributed by atoms with Gasteiger partial charge in [-0.3, -0.25) is 9.89 Å². The minimum atomic E-state index is -0.623. The van der Waals surface area contributed by atoms with Crippen molar-refractivity contribution < 1.29 is 0 Å². The van der Waals surface area contributed by atoms with Crippen LogP contribution in [0, 0.1) is 0 Å². The van der Waals surface area contributed by atoms with Gasteiger partial charge in [-0.15, -0.1) is 0 Å². The Morgan fingerprint density at radius 3 is 2.62 bits per heavy atom. The number of fused-ring (bicyclic) bond motifs is 1. The molecule has 2 atom stereocenters. The third kappa shape index (κ3) is 3.45. The standard InChI is InChI=1S/C22H28N4/c23-21-15-25-20-10-3-2-9-19(20)22(21,24)14-17-7-6-8-18(13-17)16-26-11-4-1-5-12-26/h2-3,6-10,13,15,21H,1,4-5,11-12,14,16,23-24H2. The fourth-order valence-corrected chi connectivity index (χ4v) is 4.22. The topological polar surface area (TPSA) is 67.6 Å². The van der Waals surface area contributed by atoms with Crippen LogP contribution >= 0.6 is 0 Å². The molecule has 4 N–H and O–H groups in total. The number of aliphatic imine (C=N–C) groups is 1. The Morgan fingerprint density at radius 1 is 1.00 bits per heavy atom. The van der Waals surface area contributed by atoms with Gasteiger partial charge in [0.2, 0.25) is 0 Å². The summed E-state index contributed by atoms with van der Waals surface area (Å²) in [5.41, 5.74) is 17.2. The van der Waals surface area contributed by atoms with Gasteiger partial charge in [0.05, 0.1) is 17.3 Å². The van der Waals surface area contributed by atoms with Gasteiger partial charge in [0, 0.05) is 12.8 Å². The van der Waals surface area contributed by atoms with E-state index in [0.29, 0.717) is 6.42 Å². The lowest BCUT2D eigenvalue weighted by Gasteiger charge is -2.37. The number of rotatable bonds is 4. The van der Waals surface area contributed by atoms with Crippen molar-refractivity contribution in [2.24, 2.45) is 16.5 Å². The molecule has 2 aromatic carbocycles. The Kier molecular flexibility index (Phi) is 4.90. The van der Waals surface area contributed by atoms with Crippen LogP contribution in [0.3, 0.4) is 0 Å². The van der Waals surface area contributed by atoms with E-state index in [2.05, 4.69) is 40.2 Å². The van der Waals surface area contributed by atoms with Crippen LogP contribution in [-0.2, 0) is 18.5 Å². The molecule has 0 aromatic heterocycles. The van der Waals surface area contributed by atoms with Crippen molar-refractivity contribution in [2.75, 3.05) is 13.1 Å². The molecule has 0 bridgehead atoms. The molecule has 2 unspecified atom stereocenters. The van der Waals surface area contributed by atoms with Crippen LogP contribution < -0.4 is 11.5 Å². The lowest BCUT2D eigenvalue weighted by molar-refractivity contribution is 0.221. The fraction of sp³-hybridized carbons (Fsp3) is 0.409. The monoisotopic (exact) mass is 348 g/mol. The highest BCUT2D eigenvalue weighted by Crippen LogP contribution is 2.36. The van der Waals surface area contributed by atoms with Gasteiger partial charge in [0.15, 0.2) is 0 Å². The molecular formula is C22H28N4. The van der Waals surface area contributed by atoms with Gasteiger partial charge in [-0.2, -0.15) is 0 Å². The molecule has 2 aliphatic heterocycles. The largest absolute Gasteiger partial charge is 0.321 e. The summed E-state index contributed by atoms with van der Waals surface area (Å²) in [6.45, 7) is 3.44. The Hall–Kier alpha value is -2.01. The summed E-state index contributed by atoms with van der Waals surface area (Å²) >= 11 is 0. The molecule has 4 nitrogen and oxygen atoms in total. The fourth-order valence-electron chi connectivity index (χ4n) is 4.22. The second kappa shape index (κ2) is 7.31. The van der Waals surface area contributed by atoms with E-state index in [4.69, 9.17) is 11.5 Å². The average molecular weight is 348 g/mol. The van der Waals surface area contributed by atoms with Crippen LogP contribution in [-0.4, -0.2) is 30.2 Å². The SMILES string of the molecule is NC1C=Nc2ccccc2C1(N)Cc1cccc(CN2CCCCC2)c1. The van der Waals surface area contributed by atoms with Crippen LogP contribution in [0.25, 0.3) is 0 Å². The van der Waals surface area contributed by atoms with Gasteiger partial charge in [0.25, 0.3) is 0 Å². The molecule has 2 aliphatic rings. The Bertz CT molecular complexity index is 794. The van der Waals surface area contributed by atoms with Crippen molar-refractivity contribution in [3.63, 3.8) is 0 Å². The Labute approximate surface area is 155 Å². The summed E-state index contributed by atoms with van der Waals surface area (Å²) < 4.78 is 0. The summed E-state index contributed by atoms with van der Waals surface area (Å²) in [5.74, 6) is 0. The molecule has 0 spiro atoms. The van der Waals surface area contributed by atoms with Crippen LogP contribution in [0.15, 0.2) is 53.5 Å². The zero-order valence-corrected chi connectivity index (χ0v) is 15.3. The molecule has 4 heteroatoms. The summed E-state index contributed by atoms with van der Waals surface area (Å²) in [5, 5.41) is 0. The predicted octanol–water partition coefficient (Wildman–Crippen LogP) is 3.11. The Morgan fingerprint density at radius 2 is 1.77 bits per heavy atom. The number of hydrogen-bond donors (Lipinski definition) is 2. The van der Waals surface area contributed by atoms with Crippen molar-refractivity contribution in [2.45, 2.75) is 43.8 Å². The van der Waals surface area contributed by atoms with Crippen LogP contribution in [0.2, 0.25) is 0 Å². The smallest absolute Gasteiger partial charge is 0.0677 e. The molecule has 4 rings (SSSR count). The summed E-state index contributed by atoms with van der Waals surface area (Å²) in [6, 6.07) is 16.6. The first kappa shape index (κ1) is 17.4. The van der Waals surface area contributed by atoms with Gasteiger partial charge in [-0.25, -0.2) is 0 Å². The normalized spacial score (nSPS) is 25.8. The van der Waals surface area contributed by atoms with E-state index in [9.17, 15) is 0 Å². The molecular weight excluding hydrogens is 320 g/mol. The second-order valence-corrected chi connectivity index (χ2v) is 7.70. The number of nitrogens with zero attached hydrogens (tertiary/aromatic N) is 2. The van der Waals surface area contributed by atoms with Gasteiger partial charge in [0.1, 0.15) is 0 Å². The van der Waals surface area contributed by atoms with Gasteiger partial charge in [-0.05, 0) is 55.1 Å². The minimum Gasteiger partial charge on any atom is -0.321 e. The van der Waals surface area contributed by atoms with Crippen molar-refractivity contribution in [1.82, 2.24) is 4.90 Å². The Balaban J connectivity index is 1.56. The summed E-state index contributed by atoms with van der Waals surface area (Å²) in [7, 11) is 0. The molecule has 2 heterocycles. The van der Waals surface area contributed by atoms with Crippen molar-refractivity contribution in [3.05, 3.63) is 65.2 Å². The van der Waals surface area contributed by atoms with Crippen LogP contribution in [0.4, 0.5) is 5.69 Å².